The van der Waals surface area contributed by atoms with E-state index in [0.717, 1.165) is 5.82 Å². The molecule has 0 spiro atoms. The number of hydrogen-bond acceptors (Lipinski definition) is 5. The molecule has 0 atom stereocenters. The molecule has 0 aliphatic heterocycles. The van der Waals surface area contributed by atoms with Crippen molar-refractivity contribution in [3.8, 4) is 0 Å². The number of carbonyl (C=O) groups is 1. The van der Waals surface area contributed by atoms with Crippen molar-refractivity contribution in [2.45, 2.75) is 26.3 Å². The largest absolute Gasteiger partial charge is 0.373 e. The van der Waals surface area contributed by atoms with Crippen molar-refractivity contribution in [1.29, 1.82) is 0 Å². The molecule has 0 fully saturated rings. The highest BCUT2D eigenvalue weighted by Gasteiger charge is 2.18. The Balaban J connectivity index is 2.09. The van der Waals surface area contributed by atoms with Gasteiger partial charge in [0.15, 0.2) is 0 Å². The average molecular weight is 274 g/mol. The summed E-state index contributed by atoms with van der Waals surface area (Å²) in [6.07, 6.45) is 3.13. The van der Waals surface area contributed by atoms with Crippen LogP contribution in [0.25, 0.3) is 0 Å². The summed E-state index contributed by atoms with van der Waals surface area (Å²) in [5.74, 6) is 0.516. The molecular weight excluding hydrogens is 256 g/mol. The molecular formula is C13H18N6O. The van der Waals surface area contributed by atoms with Gasteiger partial charge < -0.3 is 10.6 Å². The SMILES string of the molecule is CNc1ccc(NC(=O)c2ncn(C(C)(C)C)n2)cn1. The van der Waals surface area contributed by atoms with Gasteiger partial charge in [-0.05, 0) is 32.9 Å². The summed E-state index contributed by atoms with van der Waals surface area (Å²) in [5, 5.41) is 9.79. The molecule has 106 valence electrons. The summed E-state index contributed by atoms with van der Waals surface area (Å²) >= 11 is 0. The lowest BCUT2D eigenvalue weighted by atomic mass is 10.1. The summed E-state index contributed by atoms with van der Waals surface area (Å²) in [6.45, 7) is 5.97. The predicted octanol–water partition coefficient (Wildman–Crippen LogP) is 1.72. The number of aromatic nitrogens is 4. The fourth-order valence-corrected chi connectivity index (χ4v) is 1.49. The van der Waals surface area contributed by atoms with Crippen LogP contribution in [0.4, 0.5) is 11.5 Å². The summed E-state index contributed by atoms with van der Waals surface area (Å²) in [6, 6.07) is 3.54. The van der Waals surface area contributed by atoms with Crippen molar-refractivity contribution in [3.63, 3.8) is 0 Å². The minimum Gasteiger partial charge on any atom is -0.373 e. The van der Waals surface area contributed by atoms with Gasteiger partial charge in [-0.3, -0.25) is 4.79 Å². The highest BCUT2D eigenvalue weighted by atomic mass is 16.2. The second-order valence-corrected chi connectivity index (χ2v) is 5.32. The highest BCUT2D eigenvalue weighted by Crippen LogP contribution is 2.13. The molecule has 2 N–H and O–H groups in total. The molecule has 0 saturated carbocycles. The number of nitrogens with zero attached hydrogens (tertiary/aromatic N) is 4. The number of amides is 1. The molecule has 7 heteroatoms. The molecule has 1 amide bonds. The Morgan fingerprint density at radius 3 is 2.50 bits per heavy atom. The van der Waals surface area contributed by atoms with Crippen LogP contribution in [0.2, 0.25) is 0 Å². The topological polar surface area (TPSA) is 84.7 Å². The minimum atomic E-state index is -0.355. The highest BCUT2D eigenvalue weighted by molar-refractivity contribution is 6.01. The van der Waals surface area contributed by atoms with Gasteiger partial charge in [-0.1, -0.05) is 0 Å². The van der Waals surface area contributed by atoms with E-state index in [0.29, 0.717) is 5.69 Å². The molecule has 2 heterocycles. The molecule has 0 bridgehead atoms. The maximum Gasteiger partial charge on any atom is 0.295 e. The first-order valence-corrected chi connectivity index (χ1v) is 6.27. The Hall–Kier alpha value is -2.44. The molecule has 2 aromatic rings. The van der Waals surface area contributed by atoms with Crippen molar-refractivity contribution >= 4 is 17.4 Å². The van der Waals surface area contributed by atoms with Crippen LogP contribution >= 0.6 is 0 Å². The number of carbonyl (C=O) groups excluding carboxylic acids is 1. The molecule has 0 saturated heterocycles. The van der Waals surface area contributed by atoms with Gasteiger partial charge in [0.25, 0.3) is 5.91 Å². The van der Waals surface area contributed by atoms with Crippen LogP contribution in [0, 0.1) is 0 Å². The molecule has 0 aromatic carbocycles. The van der Waals surface area contributed by atoms with Crippen molar-refractivity contribution in [2.24, 2.45) is 0 Å². The van der Waals surface area contributed by atoms with E-state index >= 15 is 0 Å². The second kappa shape index (κ2) is 5.28. The first-order valence-electron chi connectivity index (χ1n) is 6.27. The van der Waals surface area contributed by atoms with Gasteiger partial charge in [0.1, 0.15) is 12.1 Å². The van der Waals surface area contributed by atoms with Gasteiger partial charge in [-0.15, -0.1) is 5.10 Å². The summed E-state index contributed by atoms with van der Waals surface area (Å²) in [4.78, 5) is 20.2. The van der Waals surface area contributed by atoms with Crippen LogP contribution in [0.15, 0.2) is 24.7 Å². The maximum atomic E-state index is 12.0. The lowest BCUT2D eigenvalue weighted by molar-refractivity contribution is 0.101. The van der Waals surface area contributed by atoms with E-state index in [1.54, 1.807) is 36.4 Å². The van der Waals surface area contributed by atoms with Gasteiger partial charge in [0.05, 0.1) is 17.4 Å². The lowest BCUT2D eigenvalue weighted by Crippen LogP contribution is -2.23. The normalized spacial score (nSPS) is 11.2. The second-order valence-electron chi connectivity index (χ2n) is 5.32. The Bertz CT molecular complexity index is 596. The van der Waals surface area contributed by atoms with Crippen LogP contribution in [0.3, 0.4) is 0 Å². The molecule has 7 nitrogen and oxygen atoms in total. The van der Waals surface area contributed by atoms with Crippen LogP contribution in [0.5, 0.6) is 0 Å². The predicted molar refractivity (Wildman–Crippen MR) is 76.8 cm³/mol. The lowest BCUT2D eigenvalue weighted by Gasteiger charge is -2.17. The third-order valence-electron chi connectivity index (χ3n) is 2.66. The van der Waals surface area contributed by atoms with Gasteiger partial charge in [-0.2, -0.15) is 0 Å². The Labute approximate surface area is 117 Å². The Kier molecular flexibility index (Phi) is 3.69. The maximum absolute atomic E-state index is 12.0. The van der Waals surface area contributed by atoms with E-state index in [1.165, 1.54) is 0 Å². The molecule has 0 aliphatic carbocycles. The van der Waals surface area contributed by atoms with Crippen molar-refractivity contribution in [1.82, 2.24) is 19.7 Å². The van der Waals surface area contributed by atoms with Gasteiger partial charge in [0, 0.05) is 7.05 Å². The molecule has 20 heavy (non-hydrogen) atoms. The first kappa shape index (κ1) is 14.0. The monoisotopic (exact) mass is 274 g/mol. The summed E-state index contributed by atoms with van der Waals surface area (Å²) in [5.41, 5.74) is 0.391. The van der Waals surface area contributed by atoms with Crippen LogP contribution in [-0.2, 0) is 5.54 Å². The average Bonchev–Trinajstić information content (AvgIpc) is 2.89. The van der Waals surface area contributed by atoms with E-state index in [-0.39, 0.29) is 17.3 Å². The minimum absolute atomic E-state index is 0.137. The van der Waals surface area contributed by atoms with Crippen LogP contribution in [0.1, 0.15) is 31.4 Å². The number of rotatable bonds is 3. The summed E-state index contributed by atoms with van der Waals surface area (Å²) < 4.78 is 1.66. The van der Waals surface area contributed by atoms with E-state index in [4.69, 9.17) is 0 Å². The molecule has 0 aliphatic rings. The van der Waals surface area contributed by atoms with Gasteiger partial charge in [-0.25, -0.2) is 14.6 Å². The number of anilines is 2. The molecule has 0 unspecified atom stereocenters. The van der Waals surface area contributed by atoms with Gasteiger partial charge >= 0.3 is 0 Å². The van der Waals surface area contributed by atoms with Crippen molar-refractivity contribution in [3.05, 3.63) is 30.5 Å². The third kappa shape index (κ3) is 3.11. The van der Waals surface area contributed by atoms with Crippen LogP contribution in [-0.4, -0.2) is 32.7 Å². The van der Waals surface area contributed by atoms with Crippen molar-refractivity contribution < 1.29 is 4.79 Å². The van der Waals surface area contributed by atoms with Crippen molar-refractivity contribution in [2.75, 3.05) is 17.7 Å². The zero-order valence-electron chi connectivity index (χ0n) is 12.0. The standard InChI is InChI=1S/C13H18N6O/c1-13(2,3)19-8-16-11(18-19)12(20)17-9-5-6-10(14-4)15-7-9/h5-8H,1-4H3,(H,14,15)(H,17,20). The molecule has 0 radical (unpaired) electrons. The van der Waals surface area contributed by atoms with E-state index in [1.807, 2.05) is 20.8 Å². The number of pyridine rings is 1. The fourth-order valence-electron chi connectivity index (χ4n) is 1.49. The fraction of sp³-hybridized carbons (Fsp3) is 0.385. The number of hydrogen-bond donors (Lipinski definition) is 2. The number of nitrogens with one attached hydrogen (secondary N) is 2. The third-order valence-corrected chi connectivity index (χ3v) is 2.66. The quantitative estimate of drug-likeness (QED) is 0.890. The smallest absolute Gasteiger partial charge is 0.295 e. The molecule has 2 rings (SSSR count). The van der Waals surface area contributed by atoms with E-state index in [2.05, 4.69) is 25.7 Å². The van der Waals surface area contributed by atoms with Gasteiger partial charge in [0.2, 0.25) is 5.82 Å². The molecule has 2 aromatic heterocycles. The van der Waals surface area contributed by atoms with Crippen LogP contribution < -0.4 is 10.6 Å². The Morgan fingerprint density at radius 1 is 1.25 bits per heavy atom. The zero-order chi connectivity index (χ0) is 14.8. The summed E-state index contributed by atoms with van der Waals surface area (Å²) in [7, 11) is 1.78. The Morgan fingerprint density at radius 2 is 2.00 bits per heavy atom. The zero-order valence-corrected chi connectivity index (χ0v) is 12.0. The van der Waals surface area contributed by atoms with E-state index < -0.39 is 0 Å². The first-order chi connectivity index (χ1) is 9.40. The van der Waals surface area contributed by atoms with E-state index in [9.17, 15) is 4.79 Å².